The number of amides is 2. The third kappa shape index (κ3) is 7.81. The topological polar surface area (TPSA) is 160 Å². The summed E-state index contributed by atoms with van der Waals surface area (Å²) in [5.41, 5.74) is 12.2. The number of carbonyl (C=O) groups is 3. The van der Waals surface area contributed by atoms with E-state index in [0.717, 1.165) is 19.3 Å². The van der Waals surface area contributed by atoms with E-state index in [1.807, 2.05) is 0 Å². The van der Waals surface area contributed by atoms with Gasteiger partial charge in [0.15, 0.2) is 5.78 Å². The van der Waals surface area contributed by atoms with Gasteiger partial charge in [0, 0.05) is 12.5 Å². The molecule has 200 valence electrons. The van der Waals surface area contributed by atoms with E-state index in [4.69, 9.17) is 21.4 Å². The quantitative estimate of drug-likeness (QED) is 0.148. The van der Waals surface area contributed by atoms with E-state index in [2.05, 4.69) is 24.3 Å². The number of hydrogen-bond donors (Lipinski definition) is 4. The Balaban J connectivity index is 2.10. The van der Waals surface area contributed by atoms with Gasteiger partial charge in [-0.3, -0.25) is 9.59 Å². The first-order valence-electron chi connectivity index (χ1n) is 13.2. The minimum atomic E-state index is -0.744. The van der Waals surface area contributed by atoms with Gasteiger partial charge in [0.1, 0.15) is 11.9 Å². The highest BCUT2D eigenvalue weighted by Crippen LogP contribution is 2.32. The molecule has 10 heteroatoms. The molecule has 0 aromatic rings. The Hall–Kier alpha value is -2.36. The van der Waals surface area contributed by atoms with Crippen molar-refractivity contribution in [3.05, 3.63) is 0 Å². The van der Waals surface area contributed by atoms with Crippen molar-refractivity contribution in [3.63, 3.8) is 0 Å². The second-order valence-corrected chi connectivity index (χ2v) is 10.3. The van der Waals surface area contributed by atoms with E-state index in [9.17, 15) is 14.4 Å². The van der Waals surface area contributed by atoms with E-state index in [1.54, 1.807) is 18.7 Å². The summed E-state index contributed by atoms with van der Waals surface area (Å²) in [5.74, 6) is 0.147. The van der Waals surface area contributed by atoms with Crippen molar-refractivity contribution in [1.82, 2.24) is 10.2 Å². The number of carbonyl (C=O) groups excluding carboxylic acids is 3. The zero-order chi connectivity index (χ0) is 26.1. The van der Waals surface area contributed by atoms with Gasteiger partial charge in [-0.25, -0.2) is 4.79 Å². The smallest absolute Gasteiger partial charge is 0.408 e. The third-order valence-electron chi connectivity index (χ3n) is 7.66. The average molecular weight is 496 g/mol. The Bertz CT molecular complexity index is 747. The number of rotatable bonds is 11. The highest BCUT2D eigenvalue weighted by atomic mass is 16.6. The minimum Gasteiger partial charge on any atom is -0.447 e. The van der Waals surface area contributed by atoms with Crippen LogP contribution >= 0.6 is 0 Å². The third-order valence-corrected chi connectivity index (χ3v) is 7.66. The molecule has 0 bridgehead atoms. The molecule has 3 atom stereocenters. The lowest BCUT2D eigenvalue weighted by Gasteiger charge is -2.34. The standard InChI is InChI=1S/C25H45N5O5/c1-5-16(6-2)14-19(28-25(33)35-15(3)4)24(32)30-13-7-8-20(30)22(31)21(26)17-9-11-18(12-10-17)23(27)29-34/h15-21,34H,5-14,26H2,1-4H3,(H2,27,29)(H,28,33)/t17?,18?,19-,20+,21?/m1/s1. The molecule has 1 aliphatic heterocycles. The van der Waals surface area contributed by atoms with Gasteiger partial charge in [0.2, 0.25) is 5.91 Å². The Morgan fingerprint density at radius 2 is 1.74 bits per heavy atom. The van der Waals surface area contributed by atoms with Crippen LogP contribution in [0.25, 0.3) is 0 Å². The van der Waals surface area contributed by atoms with Crippen LogP contribution in [-0.4, -0.2) is 64.5 Å². The van der Waals surface area contributed by atoms with Crippen molar-refractivity contribution in [3.8, 4) is 0 Å². The number of nitrogens with two attached hydrogens (primary N) is 2. The molecular formula is C25H45N5O5. The van der Waals surface area contributed by atoms with Crippen LogP contribution in [0.1, 0.15) is 85.5 Å². The van der Waals surface area contributed by atoms with Crippen LogP contribution < -0.4 is 16.8 Å². The monoisotopic (exact) mass is 495 g/mol. The summed E-state index contributed by atoms with van der Waals surface area (Å²) < 4.78 is 5.23. The molecule has 0 aromatic carbocycles. The van der Waals surface area contributed by atoms with Crippen molar-refractivity contribution in [2.45, 2.75) is 110 Å². The van der Waals surface area contributed by atoms with Crippen LogP contribution in [0.15, 0.2) is 5.16 Å². The number of amidine groups is 1. The van der Waals surface area contributed by atoms with Crippen LogP contribution in [0.3, 0.4) is 0 Å². The molecule has 2 aliphatic rings. The molecule has 0 aromatic heterocycles. The largest absolute Gasteiger partial charge is 0.447 e. The van der Waals surface area contributed by atoms with Gasteiger partial charge in [0.25, 0.3) is 0 Å². The van der Waals surface area contributed by atoms with E-state index in [1.165, 1.54) is 0 Å². The fourth-order valence-electron chi connectivity index (χ4n) is 5.40. The molecule has 2 fully saturated rings. The zero-order valence-corrected chi connectivity index (χ0v) is 21.7. The maximum Gasteiger partial charge on any atom is 0.408 e. The highest BCUT2D eigenvalue weighted by molar-refractivity contribution is 5.95. The molecule has 1 saturated carbocycles. The molecule has 35 heavy (non-hydrogen) atoms. The van der Waals surface area contributed by atoms with E-state index < -0.39 is 24.2 Å². The minimum absolute atomic E-state index is 0.00213. The highest BCUT2D eigenvalue weighted by Gasteiger charge is 2.42. The summed E-state index contributed by atoms with van der Waals surface area (Å²) in [6, 6.07) is -1.99. The van der Waals surface area contributed by atoms with Gasteiger partial charge in [0.05, 0.1) is 18.2 Å². The van der Waals surface area contributed by atoms with Crippen molar-refractivity contribution >= 4 is 23.6 Å². The lowest BCUT2D eigenvalue weighted by atomic mass is 9.76. The number of alkyl carbamates (subject to hydrolysis) is 1. The first kappa shape index (κ1) is 28.9. The van der Waals surface area contributed by atoms with Crippen LogP contribution in [0, 0.1) is 17.8 Å². The molecule has 1 heterocycles. The Kier molecular flexibility index (Phi) is 11.3. The van der Waals surface area contributed by atoms with Crippen LogP contribution in [0.2, 0.25) is 0 Å². The fourth-order valence-corrected chi connectivity index (χ4v) is 5.40. The molecule has 0 radical (unpaired) electrons. The number of Topliss-reactive ketones (excluding diaryl/α,β-unsaturated/α-hetero) is 1. The number of likely N-dealkylation sites (tertiary alicyclic amines) is 1. The van der Waals surface area contributed by atoms with Gasteiger partial charge in [-0.05, 0) is 70.6 Å². The summed E-state index contributed by atoms with van der Waals surface area (Å²) in [5, 5.41) is 14.8. The zero-order valence-electron chi connectivity index (χ0n) is 21.7. The number of hydrogen-bond acceptors (Lipinski definition) is 7. The summed E-state index contributed by atoms with van der Waals surface area (Å²) in [6.45, 7) is 8.12. The Labute approximate surface area is 209 Å². The SMILES string of the molecule is CCC(CC)C[C@@H](NC(=O)OC(C)C)C(=O)N1CCC[C@H]1C(=O)C(N)C1CCC(/C(N)=N\O)CC1. The molecule has 2 rings (SSSR count). The van der Waals surface area contributed by atoms with Crippen LogP contribution in [0.5, 0.6) is 0 Å². The number of nitrogens with one attached hydrogen (secondary N) is 1. The maximum atomic E-state index is 13.6. The predicted octanol–water partition coefficient (Wildman–Crippen LogP) is 2.76. The van der Waals surface area contributed by atoms with E-state index in [0.29, 0.717) is 45.1 Å². The second-order valence-electron chi connectivity index (χ2n) is 10.3. The number of nitrogens with zero attached hydrogens (tertiary/aromatic N) is 2. The number of oxime groups is 1. The van der Waals surface area contributed by atoms with Crippen LogP contribution in [0.4, 0.5) is 4.79 Å². The molecule has 6 N–H and O–H groups in total. The van der Waals surface area contributed by atoms with Gasteiger partial charge in [-0.15, -0.1) is 0 Å². The normalized spacial score (nSPS) is 24.9. The summed E-state index contributed by atoms with van der Waals surface area (Å²) in [6.07, 6.45) is 5.53. The first-order chi connectivity index (χ1) is 16.6. The summed E-state index contributed by atoms with van der Waals surface area (Å²) in [4.78, 5) is 41.0. The molecule has 1 saturated heterocycles. The molecule has 0 spiro atoms. The van der Waals surface area contributed by atoms with Gasteiger partial charge < -0.3 is 31.6 Å². The summed E-state index contributed by atoms with van der Waals surface area (Å²) >= 11 is 0. The average Bonchev–Trinajstić information content (AvgIpc) is 3.34. The second kappa shape index (κ2) is 13.7. The lowest BCUT2D eigenvalue weighted by Crippen LogP contribution is -2.55. The predicted molar refractivity (Wildman–Crippen MR) is 134 cm³/mol. The van der Waals surface area contributed by atoms with Crippen LogP contribution in [-0.2, 0) is 14.3 Å². The summed E-state index contributed by atoms with van der Waals surface area (Å²) in [7, 11) is 0. The van der Waals surface area contributed by atoms with Gasteiger partial charge >= 0.3 is 6.09 Å². The molecule has 1 unspecified atom stereocenters. The molecule has 1 aliphatic carbocycles. The van der Waals surface area contributed by atoms with Gasteiger partial charge in [-0.2, -0.15) is 0 Å². The molecule has 2 amide bonds. The lowest BCUT2D eigenvalue weighted by molar-refractivity contribution is -0.140. The number of ketones is 1. The van der Waals surface area contributed by atoms with Crippen molar-refractivity contribution in [2.24, 2.45) is 34.4 Å². The fraction of sp³-hybridized carbons (Fsp3) is 0.840. The molecular weight excluding hydrogens is 450 g/mol. The van der Waals surface area contributed by atoms with E-state index >= 15 is 0 Å². The van der Waals surface area contributed by atoms with Crippen molar-refractivity contribution in [1.29, 1.82) is 0 Å². The Morgan fingerprint density at radius 3 is 2.29 bits per heavy atom. The Morgan fingerprint density at radius 1 is 1.11 bits per heavy atom. The van der Waals surface area contributed by atoms with Crippen molar-refractivity contribution < 1.29 is 24.3 Å². The molecule has 10 nitrogen and oxygen atoms in total. The van der Waals surface area contributed by atoms with Crippen molar-refractivity contribution in [2.75, 3.05) is 6.54 Å². The maximum absolute atomic E-state index is 13.6. The number of ether oxygens (including phenoxy) is 1. The van der Waals surface area contributed by atoms with Gasteiger partial charge in [-0.1, -0.05) is 31.8 Å². The van der Waals surface area contributed by atoms with E-state index in [-0.39, 0.29) is 41.4 Å². The first-order valence-corrected chi connectivity index (χ1v) is 13.2.